The lowest BCUT2D eigenvalue weighted by molar-refractivity contribution is -0.132. The van der Waals surface area contributed by atoms with E-state index >= 15 is 0 Å². The van der Waals surface area contributed by atoms with Gasteiger partial charge in [0, 0.05) is 5.56 Å². The lowest BCUT2D eigenvalue weighted by Gasteiger charge is -2.23. The van der Waals surface area contributed by atoms with Gasteiger partial charge in [0.1, 0.15) is 22.1 Å². The van der Waals surface area contributed by atoms with Crippen LogP contribution in [0.1, 0.15) is 51.9 Å². The van der Waals surface area contributed by atoms with Crippen LogP contribution in [0.15, 0.2) is 48.0 Å². The van der Waals surface area contributed by atoms with Crippen molar-refractivity contribution >= 4 is 39.9 Å². The number of benzene rings is 2. The van der Waals surface area contributed by atoms with Crippen molar-refractivity contribution in [1.82, 2.24) is 4.98 Å². The van der Waals surface area contributed by atoms with Crippen molar-refractivity contribution in [3.63, 3.8) is 0 Å². The van der Waals surface area contributed by atoms with E-state index in [9.17, 15) is 19.5 Å². The van der Waals surface area contributed by atoms with Crippen LogP contribution in [0.5, 0.6) is 11.5 Å². The average Bonchev–Trinajstić information content (AvgIpc) is 3.41. The number of methoxy groups -OCH3 is 1. The third-order valence-electron chi connectivity index (χ3n) is 6.09. The maximum absolute atomic E-state index is 13.4. The highest BCUT2D eigenvalue weighted by Crippen LogP contribution is 2.44. The van der Waals surface area contributed by atoms with Crippen LogP contribution in [0.2, 0.25) is 0 Å². The number of aryl methyl sites for hydroxylation is 2. The van der Waals surface area contributed by atoms with E-state index < -0.39 is 23.7 Å². The summed E-state index contributed by atoms with van der Waals surface area (Å²) in [4.78, 5) is 45.2. The second-order valence-corrected chi connectivity index (χ2v) is 9.46. The molecule has 0 bridgehead atoms. The average molecular weight is 537 g/mol. The monoisotopic (exact) mass is 536 g/mol. The molecule has 1 fully saturated rings. The summed E-state index contributed by atoms with van der Waals surface area (Å²) >= 11 is 0.959. The van der Waals surface area contributed by atoms with Gasteiger partial charge in [-0.2, -0.15) is 0 Å². The van der Waals surface area contributed by atoms with Gasteiger partial charge in [-0.05, 0) is 69.2 Å². The number of nitrogens with zero attached hydrogens (tertiary/aromatic N) is 2. The SMILES string of the molecule is CCOC(=O)c1sc(N2C(=O)C(=O)C(=C(O)c3ccc(OCC)cc3C)[C@@H]2c2ccc(OC)cc2)nc1C. The van der Waals surface area contributed by atoms with Crippen LogP contribution in [0.25, 0.3) is 5.76 Å². The van der Waals surface area contributed by atoms with Gasteiger partial charge < -0.3 is 19.3 Å². The van der Waals surface area contributed by atoms with E-state index in [0.717, 1.165) is 11.3 Å². The van der Waals surface area contributed by atoms with Gasteiger partial charge in [0.05, 0.1) is 37.6 Å². The zero-order chi connectivity index (χ0) is 27.6. The largest absolute Gasteiger partial charge is 0.507 e. The number of ether oxygens (including phenoxy) is 3. The molecule has 0 spiro atoms. The zero-order valence-electron chi connectivity index (χ0n) is 21.7. The van der Waals surface area contributed by atoms with Gasteiger partial charge >= 0.3 is 11.9 Å². The Morgan fingerprint density at radius 3 is 2.34 bits per heavy atom. The topological polar surface area (TPSA) is 115 Å². The van der Waals surface area contributed by atoms with Crippen LogP contribution in [0.3, 0.4) is 0 Å². The number of rotatable bonds is 8. The minimum Gasteiger partial charge on any atom is -0.507 e. The van der Waals surface area contributed by atoms with Gasteiger partial charge in [-0.1, -0.05) is 23.5 Å². The zero-order valence-corrected chi connectivity index (χ0v) is 22.5. The molecule has 1 aromatic heterocycles. The number of anilines is 1. The molecule has 3 aromatic rings. The Morgan fingerprint density at radius 2 is 1.74 bits per heavy atom. The third-order valence-corrected chi connectivity index (χ3v) is 7.23. The Balaban J connectivity index is 1.90. The van der Waals surface area contributed by atoms with E-state index in [0.29, 0.717) is 40.5 Å². The molecule has 1 saturated heterocycles. The predicted molar refractivity (Wildman–Crippen MR) is 143 cm³/mol. The molecule has 1 aliphatic rings. The molecule has 1 atom stereocenters. The summed E-state index contributed by atoms with van der Waals surface area (Å²) in [5.74, 6) is -1.38. The van der Waals surface area contributed by atoms with Gasteiger partial charge in [-0.15, -0.1) is 0 Å². The summed E-state index contributed by atoms with van der Waals surface area (Å²) in [5, 5.41) is 11.6. The predicted octanol–water partition coefficient (Wildman–Crippen LogP) is 4.97. The molecule has 1 aliphatic heterocycles. The fraction of sp³-hybridized carbons (Fsp3) is 0.286. The number of Topliss-reactive ketones (excluding diaryl/α,β-unsaturated/α-hetero) is 1. The minimum absolute atomic E-state index is 0.0852. The Kier molecular flexibility index (Phi) is 7.82. The van der Waals surface area contributed by atoms with Crippen molar-refractivity contribution in [2.45, 2.75) is 33.7 Å². The van der Waals surface area contributed by atoms with Gasteiger partial charge in [0.15, 0.2) is 5.13 Å². The van der Waals surface area contributed by atoms with Crippen LogP contribution in [-0.4, -0.2) is 48.1 Å². The third kappa shape index (κ3) is 4.87. The summed E-state index contributed by atoms with van der Waals surface area (Å²) in [5.41, 5.74) is 1.91. The van der Waals surface area contributed by atoms with Crippen LogP contribution in [0.4, 0.5) is 5.13 Å². The van der Waals surface area contributed by atoms with E-state index in [4.69, 9.17) is 14.2 Å². The van der Waals surface area contributed by atoms with Crippen LogP contribution in [0, 0.1) is 13.8 Å². The van der Waals surface area contributed by atoms with Crippen molar-refractivity contribution in [2.24, 2.45) is 0 Å². The highest BCUT2D eigenvalue weighted by Gasteiger charge is 2.48. The van der Waals surface area contributed by atoms with Gasteiger partial charge in [0.25, 0.3) is 5.78 Å². The molecule has 9 nitrogen and oxygen atoms in total. The molecular weight excluding hydrogens is 508 g/mol. The normalized spacial score (nSPS) is 16.6. The molecular formula is C28H28N2O7S. The Hall–Kier alpha value is -4.18. The van der Waals surface area contributed by atoms with Crippen molar-refractivity contribution in [3.8, 4) is 11.5 Å². The number of aromatic nitrogens is 1. The number of aliphatic hydroxyl groups is 1. The molecule has 0 aliphatic carbocycles. The summed E-state index contributed by atoms with van der Waals surface area (Å²) < 4.78 is 15.9. The lowest BCUT2D eigenvalue weighted by Crippen LogP contribution is -2.29. The second kappa shape index (κ2) is 11.1. The van der Waals surface area contributed by atoms with Crippen molar-refractivity contribution in [3.05, 3.63) is 75.3 Å². The number of ketones is 1. The minimum atomic E-state index is -0.993. The molecule has 0 saturated carbocycles. The van der Waals surface area contributed by atoms with Crippen LogP contribution >= 0.6 is 11.3 Å². The van der Waals surface area contributed by atoms with E-state index in [2.05, 4.69) is 4.98 Å². The molecule has 1 N–H and O–H groups in total. The number of amides is 1. The Bertz CT molecular complexity index is 1430. The summed E-state index contributed by atoms with van der Waals surface area (Å²) in [6.45, 7) is 7.64. The molecule has 10 heteroatoms. The first kappa shape index (κ1) is 26.9. The molecule has 198 valence electrons. The number of hydrogen-bond acceptors (Lipinski definition) is 9. The number of carbonyl (C=O) groups excluding carboxylic acids is 3. The highest BCUT2D eigenvalue weighted by atomic mass is 32.1. The van der Waals surface area contributed by atoms with Gasteiger partial charge in [-0.25, -0.2) is 9.78 Å². The molecule has 4 rings (SSSR count). The summed E-state index contributed by atoms with van der Waals surface area (Å²) in [7, 11) is 1.53. The number of carbonyl (C=O) groups is 3. The van der Waals surface area contributed by atoms with E-state index in [1.54, 1.807) is 63.2 Å². The smallest absolute Gasteiger partial charge is 0.350 e. The molecule has 2 heterocycles. The quantitative estimate of drug-likeness (QED) is 0.186. The van der Waals surface area contributed by atoms with Gasteiger partial charge in [0.2, 0.25) is 0 Å². The van der Waals surface area contributed by atoms with E-state index in [1.165, 1.54) is 12.0 Å². The summed E-state index contributed by atoms with van der Waals surface area (Å²) in [6, 6.07) is 10.9. The first-order valence-corrected chi connectivity index (χ1v) is 12.9. The molecule has 0 unspecified atom stereocenters. The fourth-order valence-corrected chi connectivity index (χ4v) is 5.29. The second-order valence-electron chi connectivity index (χ2n) is 8.48. The summed E-state index contributed by atoms with van der Waals surface area (Å²) in [6.07, 6.45) is 0. The van der Waals surface area contributed by atoms with Crippen molar-refractivity contribution in [2.75, 3.05) is 25.2 Å². The maximum Gasteiger partial charge on any atom is 0.350 e. The molecule has 1 amide bonds. The van der Waals surface area contributed by atoms with Crippen molar-refractivity contribution in [1.29, 1.82) is 0 Å². The number of thiazole rings is 1. The molecule has 0 radical (unpaired) electrons. The van der Waals surface area contributed by atoms with E-state index in [-0.39, 0.29) is 27.9 Å². The van der Waals surface area contributed by atoms with Crippen LogP contribution in [-0.2, 0) is 14.3 Å². The maximum atomic E-state index is 13.4. The number of hydrogen-bond donors (Lipinski definition) is 1. The Morgan fingerprint density at radius 1 is 1.05 bits per heavy atom. The van der Waals surface area contributed by atoms with Crippen molar-refractivity contribution < 1.29 is 33.7 Å². The lowest BCUT2D eigenvalue weighted by atomic mass is 9.94. The highest BCUT2D eigenvalue weighted by molar-refractivity contribution is 7.17. The van der Waals surface area contributed by atoms with Gasteiger partial charge in [-0.3, -0.25) is 14.5 Å². The van der Waals surface area contributed by atoms with Crippen LogP contribution < -0.4 is 14.4 Å². The first-order valence-electron chi connectivity index (χ1n) is 12.0. The Labute approximate surface area is 224 Å². The number of esters is 1. The standard InChI is InChI=1S/C28H28N2O7S/c1-6-36-19-12-13-20(15(3)14-19)23(31)21-22(17-8-10-18(35-5)11-9-17)30(26(33)24(21)32)28-29-16(4)25(38-28)27(34)37-7-2/h8-14,22,31H,6-7H2,1-5H3/t22-/m0/s1. The first-order chi connectivity index (χ1) is 18.2. The molecule has 38 heavy (non-hydrogen) atoms. The molecule has 2 aromatic carbocycles. The fourth-order valence-electron chi connectivity index (χ4n) is 4.31. The van der Waals surface area contributed by atoms with E-state index in [1.807, 2.05) is 6.92 Å². The number of aliphatic hydroxyl groups excluding tert-OH is 1.